The number of nitrogens with zero attached hydrogens (tertiary/aromatic N) is 2. The summed E-state index contributed by atoms with van der Waals surface area (Å²) in [5.41, 5.74) is 6.63. The first kappa shape index (κ1) is 19.4. The molecule has 1 aliphatic carbocycles. The van der Waals surface area contributed by atoms with Gasteiger partial charge in [-0.05, 0) is 31.4 Å². The number of nitrogens with two attached hydrogens (primary N) is 1. The number of hydrogen-bond donors (Lipinski definition) is 3. The Bertz CT molecular complexity index is 680. The van der Waals surface area contributed by atoms with Gasteiger partial charge in [-0.3, -0.25) is 4.79 Å². The fraction of sp³-hybridized carbons (Fsp3) is 0.471. The van der Waals surface area contributed by atoms with E-state index >= 15 is 0 Å². The van der Waals surface area contributed by atoms with Gasteiger partial charge in [0.25, 0.3) is 5.89 Å². The van der Waals surface area contributed by atoms with Crippen molar-refractivity contribution < 1.29 is 14.4 Å². The van der Waals surface area contributed by atoms with Crippen molar-refractivity contribution in [3.8, 4) is 11.5 Å². The number of aromatic nitrogens is 2. The topological polar surface area (TPSA) is 114 Å². The lowest BCUT2D eigenvalue weighted by molar-refractivity contribution is -0.127. The molecule has 136 valence electrons. The van der Waals surface area contributed by atoms with Crippen LogP contribution in [0.5, 0.6) is 0 Å². The van der Waals surface area contributed by atoms with Gasteiger partial charge in [-0.1, -0.05) is 23.4 Å². The number of benzene rings is 1. The maximum Gasteiger partial charge on any atom is 0.257 e. The van der Waals surface area contributed by atoms with Crippen molar-refractivity contribution in [3.05, 3.63) is 36.2 Å². The minimum atomic E-state index is -0.597. The summed E-state index contributed by atoms with van der Waals surface area (Å²) in [5.74, 6) is 0.804. The predicted octanol–water partition coefficient (Wildman–Crippen LogP) is 1.31. The van der Waals surface area contributed by atoms with Crippen LogP contribution in [0.2, 0.25) is 0 Å². The molecule has 1 amide bonds. The molecule has 3 rings (SSSR count). The van der Waals surface area contributed by atoms with Gasteiger partial charge in [0.2, 0.25) is 5.91 Å². The van der Waals surface area contributed by atoms with E-state index in [9.17, 15) is 9.90 Å². The highest BCUT2D eigenvalue weighted by molar-refractivity contribution is 5.85. The number of carbonyl (C=O) groups excluding carboxylic acids is 1. The largest absolute Gasteiger partial charge is 0.391 e. The van der Waals surface area contributed by atoms with Crippen molar-refractivity contribution in [3.63, 3.8) is 0 Å². The highest BCUT2D eigenvalue weighted by atomic mass is 35.5. The lowest BCUT2D eigenvalue weighted by Crippen LogP contribution is -2.44. The standard InChI is InChI=1S/C17H22N4O3.ClH/c18-13-7-6-12(10-14(13)22)16(23)19-9-8-15-20-17(24-21-15)11-4-2-1-3-5-11;/h1-5,12-14,22H,6-10,18H2,(H,19,23);1H/t12-,13+,14+;/m0./s1. The van der Waals surface area contributed by atoms with Crippen LogP contribution < -0.4 is 11.1 Å². The van der Waals surface area contributed by atoms with Crippen molar-refractivity contribution in [2.24, 2.45) is 11.7 Å². The molecule has 25 heavy (non-hydrogen) atoms. The molecule has 0 bridgehead atoms. The van der Waals surface area contributed by atoms with Crippen molar-refractivity contribution in [1.29, 1.82) is 0 Å². The zero-order valence-corrected chi connectivity index (χ0v) is 14.6. The normalized spacial score (nSPS) is 22.9. The summed E-state index contributed by atoms with van der Waals surface area (Å²) in [4.78, 5) is 16.5. The zero-order chi connectivity index (χ0) is 16.9. The molecule has 4 N–H and O–H groups in total. The first-order chi connectivity index (χ1) is 11.6. The van der Waals surface area contributed by atoms with Gasteiger partial charge < -0.3 is 20.7 Å². The quantitative estimate of drug-likeness (QED) is 0.735. The second-order valence-corrected chi connectivity index (χ2v) is 6.16. The fourth-order valence-corrected chi connectivity index (χ4v) is 2.90. The molecule has 1 saturated carbocycles. The minimum Gasteiger partial charge on any atom is -0.391 e. The molecule has 2 aromatic rings. The first-order valence-electron chi connectivity index (χ1n) is 8.23. The van der Waals surface area contributed by atoms with Crippen LogP contribution in [0.4, 0.5) is 0 Å². The molecule has 0 spiro atoms. The Kier molecular flexibility index (Phi) is 6.92. The monoisotopic (exact) mass is 366 g/mol. The Morgan fingerprint density at radius 2 is 2.08 bits per heavy atom. The van der Waals surface area contributed by atoms with Crippen molar-refractivity contribution in [1.82, 2.24) is 15.5 Å². The first-order valence-corrected chi connectivity index (χ1v) is 8.23. The summed E-state index contributed by atoms with van der Waals surface area (Å²) in [7, 11) is 0. The average Bonchev–Trinajstić information content (AvgIpc) is 3.07. The van der Waals surface area contributed by atoms with E-state index in [-0.39, 0.29) is 30.3 Å². The van der Waals surface area contributed by atoms with Crippen LogP contribution in [-0.2, 0) is 11.2 Å². The highest BCUT2D eigenvalue weighted by Gasteiger charge is 2.30. The number of nitrogens with one attached hydrogen (secondary N) is 1. The SMILES string of the molecule is Cl.N[C@@H]1CC[C@H](C(=O)NCCc2noc(-c3ccccc3)n2)C[C@H]1O. The number of aliphatic hydroxyl groups excluding tert-OH is 1. The van der Waals surface area contributed by atoms with Crippen molar-refractivity contribution >= 4 is 18.3 Å². The van der Waals surface area contributed by atoms with E-state index in [1.54, 1.807) is 0 Å². The Labute approximate surface area is 152 Å². The van der Waals surface area contributed by atoms with E-state index in [1.165, 1.54) is 0 Å². The Balaban J connectivity index is 0.00000225. The van der Waals surface area contributed by atoms with E-state index < -0.39 is 6.10 Å². The molecular weight excluding hydrogens is 344 g/mol. The number of amides is 1. The Morgan fingerprint density at radius 1 is 1.32 bits per heavy atom. The molecule has 1 aliphatic rings. The van der Waals surface area contributed by atoms with Gasteiger partial charge in [-0.25, -0.2) is 0 Å². The van der Waals surface area contributed by atoms with Crippen molar-refractivity contribution in [2.45, 2.75) is 37.8 Å². The van der Waals surface area contributed by atoms with E-state index in [0.717, 1.165) is 5.56 Å². The summed E-state index contributed by atoms with van der Waals surface area (Å²) in [6.07, 6.45) is 1.71. The lowest BCUT2D eigenvalue weighted by Gasteiger charge is -2.29. The highest BCUT2D eigenvalue weighted by Crippen LogP contribution is 2.23. The van der Waals surface area contributed by atoms with Gasteiger partial charge >= 0.3 is 0 Å². The van der Waals surface area contributed by atoms with Gasteiger partial charge in [0.05, 0.1) is 6.10 Å². The maximum absolute atomic E-state index is 12.1. The number of carbonyl (C=O) groups is 1. The Morgan fingerprint density at radius 3 is 2.80 bits per heavy atom. The smallest absolute Gasteiger partial charge is 0.257 e. The van der Waals surface area contributed by atoms with Crippen LogP contribution in [-0.4, -0.2) is 39.8 Å². The molecule has 3 atom stereocenters. The summed E-state index contributed by atoms with van der Waals surface area (Å²) in [6, 6.07) is 9.32. The Hall–Kier alpha value is -1.96. The molecule has 0 aliphatic heterocycles. The van der Waals surface area contributed by atoms with Crippen LogP contribution in [0.25, 0.3) is 11.5 Å². The molecule has 1 fully saturated rings. The second-order valence-electron chi connectivity index (χ2n) is 6.16. The molecule has 8 heteroatoms. The number of halogens is 1. The van der Waals surface area contributed by atoms with Gasteiger partial charge in [0, 0.05) is 30.5 Å². The second kappa shape index (κ2) is 8.94. The third-order valence-corrected chi connectivity index (χ3v) is 4.38. The molecule has 0 unspecified atom stereocenters. The molecule has 1 aromatic carbocycles. The summed E-state index contributed by atoms with van der Waals surface area (Å²) in [5, 5.41) is 16.6. The van der Waals surface area contributed by atoms with E-state index in [2.05, 4.69) is 15.5 Å². The third-order valence-electron chi connectivity index (χ3n) is 4.38. The average molecular weight is 367 g/mol. The maximum atomic E-state index is 12.1. The van der Waals surface area contributed by atoms with Crippen LogP contribution in [0.3, 0.4) is 0 Å². The molecule has 0 saturated heterocycles. The summed E-state index contributed by atoms with van der Waals surface area (Å²) < 4.78 is 5.23. The van der Waals surface area contributed by atoms with Crippen molar-refractivity contribution in [2.75, 3.05) is 6.54 Å². The van der Waals surface area contributed by atoms with Gasteiger partial charge in [-0.15, -0.1) is 12.4 Å². The predicted molar refractivity (Wildman–Crippen MR) is 95.0 cm³/mol. The van der Waals surface area contributed by atoms with Crippen LogP contribution in [0.1, 0.15) is 25.1 Å². The van der Waals surface area contributed by atoms with Crippen LogP contribution in [0.15, 0.2) is 34.9 Å². The van der Waals surface area contributed by atoms with E-state index in [0.29, 0.717) is 43.9 Å². The molecular formula is C17H23ClN4O3. The lowest BCUT2D eigenvalue weighted by atomic mass is 9.84. The number of rotatable bonds is 5. The minimum absolute atomic E-state index is 0. The fourth-order valence-electron chi connectivity index (χ4n) is 2.90. The van der Waals surface area contributed by atoms with E-state index in [4.69, 9.17) is 10.3 Å². The number of hydrogen-bond acceptors (Lipinski definition) is 6. The van der Waals surface area contributed by atoms with Gasteiger partial charge in [0.15, 0.2) is 5.82 Å². The van der Waals surface area contributed by atoms with Gasteiger partial charge in [-0.2, -0.15) is 4.98 Å². The van der Waals surface area contributed by atoms with Gasteiger partial charge in [0.1, 0.15) is 0 Å². The third kappa shape index (κ3) is 5.01. The molecule has 7 nitrogen and oxygen atoms in total. The molecule has 0 radical (unpaired) electrons. The van der Waals surface area contributed by atoms with E-state index in [1.807, 2.05) is 30.3 Å². The summed E-state index contributed by atoms with van der Waals surface area (Å²) >= 11 is 0. The number of aliphatic hydroxyl groups is 1. The van der Waals surface area contributed by atoms with Crippen LogP contribution in [0, 0.1) is 5.92 Å². The summed E-state index contributed by atoms with van der Waals surface area (Å²) in [6.45, 7) is 0.436. The zero-order valence-electron chi connectivity index (χ0n) is 13.8. The van der Waals surface area contributed by atoms with Crippen LogP contribution >= 0.6 is 12.4 Å². The molecule has 1 aromatic heterocycles. The molecule has 1 heterocycles.